The Kier molecular flexibility index (Phi) is 3.87. The van der Waals surface area contributed by atoms with Crippen LogP contribution in [0.3, 0.4) is 0 Å². The molecule has 0 N–H and O–H groups in total. The van der Waals surface area contributed by atoms with E-state index in [-0.39, 0.29) is 6.54 Å². The molecule has 19 heavy (non-hydrogen) atoms. The van der Waals surface area contributed by atoms with E-state index in [1.165, 1.54) is 0 Å². The molecule has 2 aromatic rings. The van der Waals surface area contributed by atoms with E-state index < -0.39 is 0 Å². The van der Waals surface area contributed by atoms with Crippen LogP contribution < -0.4 is 0 Å². The van der Waals surface area contributed by atoms with Gasteiger partial charge in [0.15, 0.2) is 0 Å². The summed E-state index contributed by atoms with van der Waals surface area (Å²) in [6.45, 7) is 4.16. The van der Waals surface area contributed by atoms with Crippen molar-refractivity contribution in [1.29, 1.82) is 0 Å². The number of aryl methyl sites for hydroxylation is 2. The van der Waals surface area contributed by atoms with Crippen LogP contribution in [0, 0.1) is 25.7 Å². The number of benzene rings is 1. The van der Waals surface area contributed by atoms with Crippen LogP contribution in [0.4, 0.5) is 0 Å². The highest BCUT2D eigenvalue weighted by Gasteiger charge is 2.03. The van der Waals surface area contributed by atoms with E-state index in [0.29, 0.717) is 0 Å². The first-order valence-corrected chi connectivity index (χ1v) is 5.84. The van der Waals surface area contributed by atoms with Crippen molar-refractivity contribution in [2.75, 3.05) is 6.54 Å². The molecular formula is C14H13N5. The van der Waals surface area contributed by atoms with Crippen molar-refractivity contribution in [3.8, 4) is 17.5 Å². The molecule has 94 valence electrons. The molecule has 0 radical (unpaired) electrons. The van der Waals surface area contributed by atoms with Crippen LogP contribution in [0.15, 0.2) is 35.4 Å². The molecule has 5 heteroatoms. The second-order valence-corrected chi connectivity index (χ2v) is 4.08. The van der Waals surface area contributed by atoms with Crippen LogP contribution in [-0.2, 0) is 0 Å². The largest absolute Gasteiger partial charge is 0.238 e. The smallest absolute Gasteiger partial charge is 0.0880 e. The fourth-order valence-electron chi connectivity index (χ4n) is 1.81. The summed E-state index contributed by atoms with van der Waals surface area (Å²) >= 11 is 0. The Bertz CT molecular complexity index is 696. The highest BCUT2D eigenvalue weighted by molar-refractivity contribution is 5.44. The summed E-state index contributed by atoms with van der Waals surface area (Å²) in [5.74, 6) is 5.76. The fraction of sp³-hybridized carbons (Fsp3) is 0.214. The van der Waals surface area contributed by atoms with Crippen molar-refractivity contribution >= 4 is 0 Å². The maximum absolute atomic E-state index is 8.17. The van der Waals surface area contributed by atoms with Crippen molar-refractivity contribution in [1.82, 2.24) is 9.78 Å². The molecule has 0 aliphatic carbocycles. The van der Waals surface area contributed by atoms with Crippen molar-refractivity contribution in [3.63, 3.8) is 0 Å². The van der Waals surface area contributed by atoms with Gasteiger partial charge in [0.25, 0.3) is 0 Å². The highest BCUT2D eigenvalue weighted by Crippen LogP contribution is 2.13. The summed E-state index contributed by atoms with van der Waals surface area (Å²) in [5.41, 5.74) is 12.1. The highest BCUT2D eigenvalue weighted by atomic mass is 15.3. The quantitative estimate of drug-likeness (QED) is 0.350. The lowest BCUT2D eigenvalue weighted by Gasteiger charge is -2.04. The minimum absolute atomic E-state index is 0.181. The maximum atomic E-state index is 8.17. The van der Waals surface area contributed by atoms with Crippen molar-refractivity contribution < 1.29 is 0 Å². The van der Waals surface area contributed by atoms with E-state index in [1.807, 2.05) is 48.9 Å². The van der Waals surface area contributed by atoms with Gasteiger partial charge >= 0.3 is 0 Å². The first-order valence-electron chi connectivity index (χ1n) is 5.84. The Labute approximate surface area is 111 Å². The zero-order valence-electron chi connectivity index (χ0n) is 10.8. The zero-order valence-corrected chi connectivity index (χ0v) is 10.8. The van der Waals surface area contributed by atoms with Gasteiger partial charge in [-0.1, -0.05) is 23.0 Å². The Morgan fingerprint density at radius 1 is 1.37 bits per heavy atom. The lowest BCUT2D eigenvalue weighted by atomic mass is 10.2. The molecule has 0 aliphatic heterocycles. The summed E-state index contributed by atoms with van der Waals surface area (Å²) in [4.78, 5) is 2.65. The normalized spacial score (nSPS) is 9.37. The van der Waals surface area contributed by atoms with Crippen molar-refractivity contribution in [2.45, 2.75) is 13.8 Å². The molecule has 1 heterocycles. The molecule has 1 aromatic carbocycles. The van der Waals surface area contributed by atoms with E-state index in [1.54, 1.807) is 0 Å². The molecule has 0 amide bonds. The standard InChI is InChI=1S/C14H13N5/c1-11-9-12(2)19(17-11)14-7-3-5-13(10-14)6-4-8-16-18-15/h3,5,7,9-10H,8H2,1-2H3. The van der Waals surface area contributed by atoms with Gasteiger partial charge in [0.05, 0.1) is 17.9 Å². The van der Waals surface area contributed by atoms with Crippen LogP contribution in [0.5, 0.6) is 0 Å². The lowest BCUT2D eigenvalue weighted by molar-refractivity contribution is 0.833. The van der Waals surface area contributed by atoms with Crippen LogP contribution in [0.2, 0.25) is 0 Å². The van der Waals surface area contributed by atoms with Gasteiger partial charge in [0.1, 0.15) is 0 Å². The monoisotopic (exact) mass is 251 g/mol. The van der Waals surface area contributed by atoms with Crippen LogP contribution in [0.1, 0.15) is 17.0 Å². The molecular weight excluding hydrogens is 238 g/mol. The van der Waals surface area contributed by atoms with E-state index in [9.17, 15) is 0 Å². The summed E-state index contributed by atoms with van der Waals surface area (Å²) in [6.07, 6.45) is 0. The van der Waals surface area contributed by atoms with Gasteiger partial charge < -0.3 is 0 Å². The summed E-state index contributed by atoms with van der Waals surface area (Å²) < 4.78 is 1.88. The Balaban J connectivity index is 2.31. The number of hydrogen-bond donors (Lipinski definition) is 0. The maximum Gasteiger partial charge on any atom is 0.0880 e. The molecule has 0 saturated heterocycles. The predicted octanol–water partition coefficient (Wildman–Crippen LogP) is 3.15. The Morgan fingerprint density at radius 3 is 2.89 bits per heavy atom. The molecule has 2 rings (SSSR count). The second kappa shape index (κ2) is 5.76. The summed E-state index contributed by atoms with van der Waals surface area (Å²) in [7, 11) is 0. The van der Waals surface area contributed by atoms with Gasteiger partial charge in [0, 0.05) is 16.2 Å². The van der Waals surface area contributed by atoms with Gasteiger partial charge in [0.2, 0.25) is 0 Å². The average Bonchev–Trinajstić information content (AvgIpc) is 2.74. The van der Waals surface area contributed by atoms with Gasteiger partial charge in [-0.25, -0.2) is 4.68 Å². The minimum atomic E-state index is 0.181. The summed E-state index contributed by atoms with van der Waals surface area (Å²) in [5, 5.41) is 7.81. The first kappa shape index (κ1) is 12.7. The van der Waals surface area contributed by atoms with Gasteiger partial charge in [-0.2, -0.15) is 5.10 Å². The van der Waals surface area contributed by atoms with E-state index in [2.05, 4.69) is 27.0 Å². The van der Waals surface area contributed by atoms with E-state index in [0.717, 1.165) is 22.6 Å². The van der Waals surface area contributed by atoms with Crippen LogP contribution in [-0.4, -0.2) is 16.3 Å². The topological polar surface area (TPSA) is 66.6 Å². The number of azide groups is 1. The molecule has 0 fully saturated rings. The van der Waals surface area contributed by atoms with Crippen molar-refractivity contribution in [2.24, 2.45) is 5.11 Å². The molecule has 5 nitrogen and oxygen atoms in total. The van der Waals surface area contributed by atoms with Crippen LogP contribution in [0.25, 0.3) is 16.1 Å². The van der Waals surface area contributed by atoms with Gasteiger partial charge in [-0.3, -0.25) is 0 Å². The summed E-state index contributed by atoms with van der Waals surface area (Å²) in [6, 6.07) is 9.82. The SMILES string of the molecule is Cc1cc(C)n(-c2cccc(C#CCN=[N+]=[N-])c2)n1. The zero-order chi connectivity index (χ0) is 13.7. The predicted molar refractivity (Wildman–Crippen MR) is 73.9 cm³/mol. The molecule has 1 aromatic heterocycles. The number of hydrogen-bond acceptors (Lipinski definition) is 2. The van der Waals surface area contributed by atoms with Crippen molar-refractivity contribution in [3.05, 3.63) is 57.7 Å². The number of rotatable bonds is 2. The minimum Gasteiger partial charge on any atom is -0.238 e. The molecule has 0 bridgehead atoms. The third-order valence-corrected chi connectivity index (χ3v) is 2.55. The fourth-order valence-corrected chi connectivity index (χ4v) is 1.81. The molecule has 0 unspecified atom stereocenters. The first-order chi connectivity index (χ1) is 9.20. The Hall–Kier alpha value is -2.70. The lowest BCUT2D eigenvalue weighted by Crippen LogP contribution is -1.99. The third-order valence-electron chi connectivity index (χ3n) is 2.55. The third kappa shape index (κ3) is 3.15. The average molecular weight is 251 g/mol. The number of nitrogens with zero attached hydrogens (tertiary/aromatic N) is 5. The van der Waals surface area contributed by atoms with Gasteiger partial charge in [-0.05, 0) is 43.6 Å². The van der Waals surface area contributed by atoms with E-state index in [4.69, 9.17) is 5.53 Å². The van der Waals surface area contributed by atoms with E-state index >= 15 is 0 Å². The number of aromatic nitrogens is 2. The van der Waals surface area contributed by atoms with Gasteiger partial charge in [-0.15, -0.1) is 0 Å². The Morgan fingerprint density at radius 2 is 2.21 bits per heavy atom. The molecule has 0 saturated carbocycles. The molecule has 0 atom stereocenters. The van der Waals surface area contributed by atoms with Crippen LogP contribution >= 0.6 is 0 Å². The molecule has 0 spiro atoms. The molecule has 0 aliphatic rings. The second-order valence-electron chi connectivity index (χ2n) is 4.08.